The van der Waals surface area contributed by atoms with Crippen molar-refractivity contribution in [2.45, 2.75) is 32.6 Å². The second-order valence-corrected chi connectivity index (χ2v) is 6.82. The number of carbonyl (C=O) groups is 2. The highest BCUT2D eigenvalue weighted by Gasteiger charge is 2.26. The molecule has 2 aromatic heterocycles. The number of Topliss-reactive ketones (excluding diaryl/α,β-unsaturated/α-hetero) is 1. The van der Waals surface area contributed by atoms with Crippen LogP contribution < -0.4 is 0 Å². The van der Waals surface area contributed by atoms with Gasteiger partial charge in [0.15, 0.2) is 10.7 Å². The smallest absolute Gasteiger partial charge is 0.341 e. The Labute approximate surface area is 154 Å². The number of hydrogen-bond acceptors (Lipinski definition) is 7. The molecule has 1 aliphatic rings. The molecule has 136 valence electrons. The number of carbonyl (C=O) groups excluding carboxylic acids is 2. The van der Waals surface area contributed by atoms with Gasteiger partial charge in [0.05, 0.1) is 12.3 Å². The van der Waals surface area contributed by atoms with Crippen molar-refractivity contribution < 1.29 is 19.4 Å². The number of nitrogens with zero attached hydrogens (tertiary/aromatic N) is 2. The molecule has 26 heavy (non-hydrogen) atoms. The number of aliphatic hydroxyl groups is 1. The van der Waals surface area contributed by atoms with Gasteiger partial charge < -0.3 is 14.8 Å². The number of aryl methyl sites for hydroxylation is 1. The Morgan fingerprint density at radius 1 is 1.38 bits per heavy atom. The minimum absolute atomic E-state index is 0.214. The number of aromatic nitrogens is 1. The maximum atomic E-state index is 12.4. The number of thiophene rings is 1. The summed E-state index contributed by atoms with van der Waals surface area (Å²) in [7, 11) is 0. The van der Waals surface area contributed by atoms with Crippen molar-refractivity contribution >= 4 is 28.1 Å². The van der Waals surface area contributed by atoms with Crippen LogP contribution in [0.5, 0.6) is 0 Å². The van der Waals surface area contributed by atoms with Gasteiger partial charge >= 0.3 is 5.97 Å². The van der Waals surface area contributed by atoms with Gasteiger partial charge in [0, 0.05) is 11.1 Å². The Hall–Kier alpha value is -2.74. The Morgan fingerprint density at radius 3 is 2.88 bits per heavy atom. The minimum Gasteiger partial charge on any atom is -0.513 e. The molecule has 1 aliphatic carbocycles. The largest absolute Gasteiger partial charge is 0.513 e. The topological polar surface area (TPSA) is 104 Å². The van der Waals surface area contributed by atoms with Gasteiger partial charge in [-0.2, -0.15) is 0 Å². The van der Waals surface area contributed by atoms with Crippen molar-refractivity contribution in [3.63, 3.8) is 0 Å². The summed E-state index contributed by atoms with van der Waals surface area (Å²) in [6.45, 7) is 2.02. The zero-order valence-corrected chi connectivity index (χ0v) is 15.1. The number of allylic oxidation sites excluding steroid dienone is 1. The Balaban J connectivity index is 1.93. The van der Waals surface area contributed by atoms with Crippen molar-refractivity contribution in [1.29, 1.82) is 0 Å². The number of aliphatic hydroxyl groups excluding tert-OH is 1. The molecule has 0 bridgehead atoms. The van der Waals surface area contributed by atoms with E-state index in [1.54, 1.807) is 25.3 Å². The van der Waals surface area contributed by atoms with Crippen molar-refractivity contribution in [2.75, 3.05) is 6.61 Å². The van der Waals surface area contributed by atoms with E-state index in [1.807, 2.05) is 0 Å². The number of ketones is 1. The van der Waals surface area contributed by atoms with Gasteiger partial charge in [0.2, 0.25) is 5.78 Å². The molecule has 0 radical (unpaired) electrons. The molecular formula is C18H19N3O4S. The zero-order chi connectivity index (χ0) is 18.5. The first-order valence-corrected chi connectivity index (χ1v) is 9.23. The van der Waals surface area contributed by atoms with Crippen LogP contribution in [0.3, 0.4) is 0 Å². The highest BCUT2D eigenvalue weighted by atomic mass is 32.1. The summed E-state index contributed by atoms with van der Waals surface area (Å²) in [6.07, 6.45) is 6.00. The average molecular weight is 373 g/mol. The lowest BCUT2D eigenvalue weighted by atomic mass is 9.95. The second-order valence-electron chi connectivity index (χ2n) is 5.74. The number of aromatic amines is 1. The van der Waals surface area contributed by atoms with Gasteiger partial charge in [-0.05, 0) is 50.3 Å². The normalized spacial score (nSPS) is 14.4. The monoisotopic (exact) mass is 373 g/mol. The van der Waals surface area contributed by atoms with Gasteiger partial charge in [-0.15, -0.1) is 21.6 Å². The van der Waals surface area contributed by atoms with Crippen LogP contribution in [0.2, 0.25) is 0 Å². The lowest BCUT2D eigenvalue weighted by Gasteiger charge is -2.11. The molecule has 0 aliphatic heterocycles. The van der Waals surface area contributed by atoms with Crippen LogP contribution in [0.25, 0.3) is 0 Å². The Kier molecular flexibility index (Phi) is 5.62. The predicted octanol–water partition coefficient (Wildman–Crippen LogP) is 4.50. The molecule has 0 fully saturated rings. The first kappa shape index (κ1) is 18.1. The number of rotatable bonds is 6. The van der Waals surface area contributed by atoms with Crippen molar-refractivity contribution in [1.82, 2.24) is 4.98 Å². The van der Waals surface area contributed by atoms with Crippen LogP contribution in [0, 0.1) is 0 Å². The number of fused-ring (bicyclic) bond motifs is 1. The van der Waals surface area contributed by atoms with Crippen LogP contribution >= 0.6 is 11.3 Å². The summed E-state index contributed by atoms with van der Waals surface area (Å²) >= 11 is 1.39. The van der Waals surface area contributed by atoms with Gasteiger partial charge in [0.25, 0.3) is 0 Å². The summed E-state index contributed by atoms with van der Waals surface area (Å²) in [5.41, 5.74) is 1.48. The fourth-order valence-electron chi connectivity index (χ4n) is 2.87. The minimum atomic E-state index is -0.486. The van der Waals surface area contributed by atoms with Gasteiger partial charge in [-0.25, -0.2) is 4.79 Å². The van der Waals surface area contributed by atoms with Crippen molar-refractivity contribution in [2.24, 2.45) is 10.2 Å². The van der Waals surface area contributed by atoms with E-state index in [9.17, 15) is 14.7 Å². The van der Waals surface area contributed by atoms with Gasteiger partial charge in [0.1, 0.15) is 11.8 Å². The summed E-state index contributed by atoms with van der Waals surface area (Å²) in [4.78, 5) is 28.5. The lowest BCUT2D eigenvalue weighted by molar-refractivity contribution is 0.0526. The second kappa shape index (κ2) is 8.09. The molecule has 8 heteroatoms. The molecule has 0 amide bonds. The van der Waals surface area contributed by atoms with Crippen molar-refractivity contribution in [3.05, 3.63) is 52.0 Å². The summed E-state index contributed by atoms with van der Waals surface area (Å²) < 4.78 is 5.16. The van der Waals surface area contributed by atoms with E-state index in [1.165, 1.54) is 11.3 Å². The highest BCUT2D eigenvalue weighted by Crippen LogP contribution is 2.40. The van der Waals surface area contributed by atoms with E-state index >= 15 is 0 Å². The van der Waals surface area contributed by atoms with Crippen LogP contribution in [0.4, 0.5) is 5.00 Å². The highest BCUT2D eigenvalue weighted by molar-refractivity contribution is 7.16. The van der Waals surface area contributed by atoms with E-state index in [0.717, 1.165) is 36.1 Å². The maximum absolute atomic E-state index is 12.4. The molecule has 2 aromatic rings. The number of H-pyrrole nitrogens is 1. The van der Waals surface area contributed by atoms with Crippen LogP contribution in [-0.2, 0) is 17.6 Å². The zero-order valence-electron chi connectivity index (χ0n) is 14.3. The quantitative estimate of drug-likeness (QED) is 0.256. The van der Waals surface area contributed by atoms with E-state index in [-0.39, 0.29) is 12.3 Å². The molecule has 0 unspecified atom stereocenters. The molecular weight excluding hydrogens is 354 g/mol. The first-order chi connectivity index (χ1) is 12.7. The predicted molar refractivity (Wildman–Crippen MR) is 97.3 cm³/mol. The molecule has 3 rings (SSSR count). The molecule has 0 saturated carbocycles. The van der Waals surface area contributed by atoms with E-state index in [0.29, 0.717) is 22.5 Å². The maximum Gasteiger partial charge on any atom is 0.341 e. The molecule has 0 atom stereocenters. The average Bonchev–Trinajstić information content (AvgIpc) is 3.30. The Bertz CT molecular complexity index is 865. The molecule has 0 saturated heterocycles. The van der Waals surface area contributed by atoms with Gasteiger partial charge in [-0.1, -0.05) is 0 Å². The summed E-state index contributed by atoms with van der Waals surface area (Å²) in [5, 5.41) is 17.8. The molecule has 7 nitrogen and oxygen atoms in total. The Morgan fingerprint density at radius 2 is 2.19 bits per heavy atom. The van der Waals surface area contributed by atoms with E-state index in [4.69, 9.17) is 4.74 Å². The standard InChI is InChI=1S/C18H19N3O4S/c1-2-25-18(24)15-11-6-3-4-8-14(11)26-17(15)21-20-13(10-22)16(23)12-7-5-9-19-12/h5,7,9-10,19,22H,2-4,6,8H2,1H3/b13-10+,21-20?. The number of azo groups is 1. The summed E-state index contributed by atoms with van der Waals surface area (Å²) in [6, 6.07) is 3.25. The first-order valence-electron chi connectivity index (χ1n) is 8.41. The number of nitrogens with one attached hydrogen (secondary N) is 1. The van der Waals surface area contributed by atoms with E-state index < -0.39 is 11.8 Å². The molecule has 0 spiro atoms. The van der Waals surface area contributed by atoms with Crippen LogP contribution in [0.15, 0.2) is 40.5 Å². The molecule has 0 aromatic carbocycles. The van der Waals surface area contributed by atoms with E-state index in [2.05, 4.69) is 15.2 Å². The summed E-state index contributed by atoms with van der Waals surface area (Å²) in [5.74, 6) is -0.911. The third kappa shape index (κ3) is 3.60. The van der Waals surface area contributed by atoms with Crippen LogP contribution in [-0.4, -0.2) is 28.4 Å². The fourth-order valence-corrected chi connectivity index (χ4v) is 4.07. The number of esters is 1. The molecule has 2 N–H and O–H groups in total. The molecule has 2 heterocycles. The van der Waals surface area contributed by atoms with Crippen molar-refractivity contribution in [3.8, 4) is 0 Å². The van der Waals surface area contributed by atoms with Crippen LogP contribution in [0.1, 0.15) is 51.1 Å². The third-order valence-electron chi connectivity index (χ3n) is 4.08. The SMILES string of the molecule is CCOC(=O)c1c(N=N/C(=C/O)C(=O)c2ccc[nH]2)sc2c1CCCC2. The fraction of sp³-hybridized carbons (Fsp3) is 0.333. The number of hydrogen-bond donors (Lipinski definition) is 2. The van der Waals surface area contributed by atoms with Gasteiger partial charge in [-0.3, -0.25) is 4.79 Å². The number of ether oxygens (including phenoxy) is 1. The third-order valence-corrected chi connectivity index (χ3v) is 5.25. The lowest BCUT2D eigenvalue weighted by Crippen LogP contribution is -2.09.